The van der Waals surface area contributed by atoms with Gasteiger partial charge in [-0.3, -0.25) is 0 Å². The van der Waals surface area contributed by atoms with Gasteiger partial charge in [-0.2, -0.15) is 0 Å². The van der Waals surface area contributed by atoms with E-state index in [1.54, 1.807) is 7.11 Å². The zero-order valence-electron chi connectivity index (χ0n) is 10.3. The molecule has 0 unspecified atom stereocenters. The summed E-state index contributed by atoms with van der Waals surface area (Å²) in [5.74, 6) is 0.914. The van der Waals surface area contributed by atoms with Crippen LogP contribution in [0, 0.1) is 0 Å². The molecule has 0 aliphatic carbocycles. The van der Waals surface area contributed by atoms with Gasteiger partial charge in [-0.25, -0.2) is 0 Å². The molecule has 16 heavy (non-hydrogen) atoms. The van der Waals surface area contributed by atoms with Crippen LogP contribution in [-0.4, -0.2) is 26.4 Å². The lowest BCUT2D eigenvalue weighted by Gasteiger charge is -2.11. The summed E-state index contributed by atoms with van der Waals surface area (Å²) in [6.07, 6.45) is 1.24. The first-order chi connectivity index (χ1) is 7.72. The average molecular weight is 223 g/mol. The normalized spacial score (nSPS) is 10.5. The molecule has 0 aromatic heterocycles. The molecule has 3 heteroatoms. The van der Waals surface area contributed by atoms with E-state index in [4.69, 9.17) is 9.47 Å². The van der Waals surface area contributed by atoms with Crippen LogP contribution in [0.25, 0.3) is 0 Å². The highest BCUT2D eigenvalue weighted by Gasteiger charge is 1.97. The van der Waals surface area contributed by atoms with Crippen LogP contribution in [0.15, 0.2) is 24.3 Å². The third-order valence-electron chi connectivity index (χ3n) is 2.08. The van der Waals surface area contributed by atoms with Gasteiger partial charge in [-0.15, -0.1) is 0 Å². The predicted molar refractivity (Wildman–Crippen MR) is 67.2 cm³/mol. The van der Waals surface area contributed by atoms with Crippen LogP contribution in [0.2, 0.25) is 0 Å². The van der Waals surface area contributed by atoms with Crippen molar-refractivity contribution >= 4 is 5.69 Å². The number of hydrogen-bond acceptors (Lipinski definition) is 3. The second-order valence-corrected chi connectivity index (χ2v) is 3.96. The van der Waals surface area contributed by atoms with Crippen molar-refractivity contribution in [1.82, 2.24) is 0 Å². The Morgan fingerprint density at radius 2 is 1.88 bits per heavy atom. The first-order valence-electron chi connectivity index (χ1n) is 5.72. The Morgan fingerprint density at radius 3 is 2.44 bits per heavy atom. The summed E-state index contributed by atoms with van der Waals surface area (Å²) in [5.41, 5.74) is 1.12. The Hall–Kier alpha value is -1.22. The number of ether oxygens (including phenoxy) is 2. The van der Waals surface area contributed by atoms with Crippen molar-refractivity contribution < 1.29 is 9.47 Å². The summed E-state index contributed by atoms with van der Waals surface area (Å²) in [7, 11) is 1.72. The van der Waals surface area contributed by atoms with E-state index in [0.29, 0.717) is 0 Å². The van der Waals surface area contributed by atoms with E-state index in [9.17, 15) is 0 Å². The minimum Gasteiger partial charge on any atom is -0.491 e. The van der Waals surface area contributed by atoms with Crippen molar-refractivity contribution in [2.24, 2.45) is 0 Å². The highest BCUT2D eigenvalue weighted by Crippen LogP contribution is 2.16. The van der Waals surface area contributed by atoms with Crippen LogP contribution < -0.4 is 10.1 Å². The van der Waals surface area contributed by atoms with Crippen LogP contribution >= 0.6 is 0 Å². The number of benzene rings is 1. The Balaban J connectivity index is 2.33. The molecule has 0 aliphatic heterocycles. The van der Waals surface area contributed by atoms with Crippen molar-refractivity contribution in [3.63, 3.8) is 0 Å². The van der Waals surface area contributed by atoms with E-state index < -0.39 is 0 Å². The van der Waals surface area contributed by atoms with Gasteiger partial charge in [-0.1, -0.05) is 0 Å². The lowest BCUT2D eigenvalue weighted by molar-refractivity contribution is 0.198. The molecule has 1 aromatic carbocycles. The van der Waals surface area contributed by atoms with Gasteiger partial charge in [0.15, 0.2) is 0 Å². The second kappa shape index (κ2) is 7.12. The Labute approximate surface area is 97.8 Å². The molecule has 0 amide bonds. The maximum absolute atomic E-state index is 5.56. The average Bonchev–Trinajstić information content (AvgIpc) is 2.26. The maximum Gasteiger partial charge on any atom is 0.119 e. The molecule has 0 aliphatic rings. The summed E-state index contributed by atoms with van der Waals surface area (Å²) in [5, 5.41) is 3.32. The number of methoxy groups -OCH3 is 1. The lowest BCUT2D eigenvalue weighted by atomic mass is 10.3. The summed E-state index contributed by atoms with van der Waals surface area (Å²) < 4.78 is 10.5. The molecular formula is C13H21NO2. The summed E-state index contributed by atoms with van der Waals surface area (Å²) >= 11 is 0. The van der Waals surface area contributed by atoms with Crippen molar-refractivity contribution in [3.8, 4) is 5.75 Å². The van der Waals surface area contributed by atoms with Gasteiger partial charge < -0.3 is 14.8 Å². The monoisotopic (exact) mass is 223 g/mol. The summed E-state index contributed by atoms with van der Waals surface area (Å²) in [4.78, 5) is 0. The number of anilines is 1. The van der Waals surface area contributed by atoms with Gasteiger partial charge in [0, 0.05) is 25.9 Å². The molecule has 0 saturated carbocycles. The number of rotatable bonds is 7. The third-order valence-corrected chi connectivity index (χ3v) is 2.08. The van der Waals surface area contributed by atoms with E-state index >= 15 is 0 Å². The van der Waals surface area contributed by atoms with Crippen molar-refractivity contribution in [3.05, 3.63) is 24.3 Å². The molecule has 0 radical (unpaired) electrons. The minimum atomic E-state index is 0.223. The summed E-state index contributed by atoms with van der Waals surface area (Å²) in [6.45, 7) is 5.77. The molecule has 0 atom stereocenters. The zero-order chi connectivity index (χ0) is 11.8. The first-order valence-corrected chi connectivity index (χ1v) is 5.72. The van der Waals surface area contributed by atoms with Gasteiger partial charge in [0.25, 0.3) is 0 Å². The van der Waals surface area contributed by atoms with Crippen LogP contribution in [0.5, 0.6) is 5.75 Å². The molecule has 1 rings (SSSR count). The van der Waals surface area contributed by atoms with Gasteiger partial charge in [0.05, 0.1) is 6.10 Å². The molecule has 0 saturated heterocycles. The van der Waals surface area contributed by atoms with E-state index in [2.05, 4.69) is 5.32 Å². The van der Waals surface area contributed by atoms with E-state index in [0.717, 1.165) is 31.0 Å². The van der Waals surface area contributed by atoms with Gasteiger partial charge in [0.1, 0.15) is 5.75 Å². The van der Waals surface area contributed by atoms with E-state index in [1.165, 1.54) is 0 Å². The Bertz CT molecular complexity index is 282. The topological polar surface area (TPSA) is 30.5 Å². The zero-order valence-corrected chi connectivity index (χ0v) is 10.3. The minimum absolute atomic E-state index is 0.223. The Kier molecular flexibility index (Phi) is 5.72. The molecule has 3 nitrogen and oxygen atoms in total. The predicted octanol–water partition coefficient (Wildman–Crippen LogP) is 2.92. The second-order valence-electron chi connectivity index (χ2n) is 3.96. The molecule has 1 N–H and O–H groups in total. The quantitative estimate of drug-likeness (QED) is 0.721. The fourth-order valence-electron chi connectivity index (χ4n) is 1.37. The molecule has 90 valence electrons. The fourth-order valence-corrected chi connectivity index (χ4v) is 1.37. The number of nitrogens with one attached hydrogen (secondary N) is 1. The molecule has 0 bridgehead atoms. The maximum atomic E-state index is 5.56. The SMILES string of the molecule is COCCCNc1ccc(OC(C)C)cc1. The largest absolute Gasteiger partial charge is 0.491 e. The third kappa shape index (κ3) is 5.03. The summed E-state index contributed by atoms with van der Waals surface area (Å²) in [6, 6.07) is 8.03. The van der Waals surface area contributed by atoms with Crippen molar-refractivity contribution in [2.45, 2.75) is 26.4 Å². The first kappa shape index (κ1) is 12.8. The molecular weight excluding hydrogens is 202 g/mol. The molecule has 0 fully saturated rings. The van der Waals surface area contributed by atoms with Crippen LogP contribution in [-0.2, 0) is 4.74 Å². The smallest absolute Gasteiger partial charge is 0.119 e. The molecule has 1 aromatic rings. The van der Waals surface area contributed by atoms with Gasteiger partial charge in [0.2, 0.25) is 0 Å². The molecule has 0 spiro atoms. The highest BCUT2D eigenvalue weighted by molar-refractivity contribution is 5.46. The van der Waals surface area contributed by atoms with E-state index in [-0.39, 0.29) is 6.10 Å². The standard InChI is InChI=1S/C13H21NO2/c1-11(2)16-13-7-5-12(6-8-13)14-9-4-10-15-3/h5-8,11,14H,4,9-10H2,1-3H3. The fraction of sp³-hybridized carbons (Fsp3) is 0.538. The lowest BCUT2D eigenvalue weighted by Crippen LogP contribution is -2.06. The van der Waals surface area contributed by atoms with E-state index in [1.807, 2.05) is 38.1 Å². The van der Waals surface area contributed by atoms with Crippen LogP contribution in [0.1, 0.15) is 20.3 Å². The van der Waals surface area contributed by atoms with Gasteiger partial charge >= 0.3 is 0 Å². The van der Waals surface area contributed by atoms with Gasteiger partial charge in [-0.05, 0) is 44.5 Å². The van der Waals surface area contributed by atoms with Crippen LogP contribution in [0.3, 0.4) is 0 Å². The number of hydrogen-bond donors (Lipinski definition) is 1. The highest BCUT2D eigenvalue weighted by atomic mass is 16.5. The van der Waals surface area contributed by atoms with Crippen molar-refractivity contribution in [1.29, 1.82) is 0 Å². The Morgan fingerprint density at radius 1 is 1.19 bits per heavy atom. The van der Waals surface area contributed by atoms with Crippen LogP contribution in [0.4, 0.5) is 5.69 Å². The molecule has 0 heterocycles. The van der Waals surface area contributed by atoms with Crippen molar-refractivity contribution in [2.75, 3.05) is 25.6 Å².